The average molecular weight is 491 g/mol. The molecule has 0 saturated heterocycles. The van der Waals surface area contributed by atoms with Crippen molar-refractivity contribution in [1.82, 2.24) is 15.2 Å². The molecule has 1 aliphatic rings. The van der Waals surface area contributed by atoms with Gasteiger partial charge in [0.15, 0.2) is 5.69 Å². The van der Waals surface area contributed by atoms with Crippen LogP contribution in [0.25, 0.3) is 11.6 Å². The Kier molecular flexibility index (Phi) is 7.55. The van der Waals surface area contributed by atoms with Gasteiger partial charge < -0.3 is 20.0 Å². The maximum atomic E-state index is 13.6. The molecule has 2 aromatic heterocycles. The first-order valence-corrected chi connectivity index (χ1v) is 9.54. The number of halogens is 7. The molecule has 1 unspecified atom stereocenters. The molecule has 3 N–H and O–H groups in total. The summed E-state index contributed by atoms with van der Waals surface area (Å²) >= 11 is 0. The Bertz CT molecular complexity index is 936. The van der Waals surface area contributed by atoms with Crippen LogP contribution in [0.1, 0.15) is 56.9 Å². The molecule has 14 heteroatoms. The molecular weight excluding hydrogens is 470 g/mol. The molecule has 32 heavy (non-hydrogen) atoms. The smallest absolute Gasteiger partial charge is 0.426 e. The average Bonchev–Trinajstić information content (AvgIpc) is 3.15. The number of fused-ring (bicyclic) bond motifs is 5. The van der Waals surface area contributed by atoms with Crippen LogP contribution < -0.4 is 10.5 Å². The fraction of sp³-hybridized carbons (Fsp3) is 0.611. The van der Waals surface area contributed by atoms with Gasteiger partial charge >= 0.3 is 12.4 Å². The van der Waals surface area contributed by atoms with Gasteiger partial charge in [-0.15, -0.1) is 22.6 Å². The number of rotatable bonds is 1. The minimum Gasteiger partial charge on any atom is -0.474 e. The highest BCUT2D eigenvalue weighted by Crippen LogP contribution is 2.44. The summed E-state index contributed by atoms with van der Waals surface area (Å²) in [6, 6.07) is 0.552. The zero-order valence-electron chi connectivity index (χ0n) is 16.8. The van der Waals surface area contributed by atoms with Crippen LogP contribution in [0.5, 0.6) is 5.88 Å². The number of hydrogen-bond acceptors (Lipinski definition) is 7. The van der Waals surface area contributed by atoms with Crippen LogP contribution in [0.3, 0.4) is 0 Å². The lowest BCUT2D eigenvalue weighted by Crippen LogP contribution is -2.42. The molecule has 2 atom stereocenters. The molecule has 0 spiro atoms. The van der Waals surface area contributed by atoms with Gasteiger partial charge in [0.2, 0.25) is 11.5 Å². The number of hydrogen-bond donors (Lipinski definition) is 2. The molecule has 3 rings (SSSR count). The van der Waals surface area contributed by atoms with E-state index in [-0.39, 0.29) is 31.7 Å². The van der Waals surface area contributed by atoms with Crippen molar-refractivity contribution in [1.29, 1.82) is 0 Å². The van der Waals surface area contributed by atoms with Crippen molar-refractivity contribution in [3.05, 3.63) is 17.5 Å². The summed E-state index contributed by atoms with van der Waals surface area (Å²) in [4.78, 5) is 3.75. The van der Waals surface area contributed by atoms with E-state index in [0.29, 0.717) is 18.9 Å². The van der Waals surface area contributed by atoms with Crippen LogP contribution in [0.15, 0.2) is 10.5 Å². The van der Waals surface area contributed by atoms with Crippen LogP contribution in [-0.4, -0.2) is 32.6 Å². The van der Waals surface area contributed by atoms with Crippen LogP contribution in [0.4, 0.5) is 32.0 Å². The number of anilines is 1. The Morgan fingerprint density at radius 2 is 1.84 bits per heavy atom. The van der Waals surface area contributed by atoms with Crippen LogP contribution in [-0.2, 0) is 11.8 Å². The zero-order valence-corrected chi connectivity index (χ0v) is 17.6. The van der Waals surface area contributed by atoms with Gasteiger partial charge in [-0.3, -0.25) is 0 Å². The Labute approximate surface area is 184 Å². The maximum absolute atomic E-state index is 13.6. The maximum Gasteiger partial charge on any atom is 0.426 e. The number of pyridine rings is 1. The normalized spacial score (nSPS) is 22.4. The molecule has 4 bridgehead atoms. The summed E-state index contributed by atoms with van der Waals surface area (Å²) in [5.74, 6) is -2.59. The summed E-state index contributed by atoms with van der Waals surface area (Å²) in [7, 11) is 0. The number of ether oxygens (including phenoxy) is 1. The van der Waals surface area contributed by atoms with Crippen LogP contribution in [0, 0.1) is 0 Å². The fourth-order valence-corrected chi connectivity index (χ4v) is 3.27. The molecule has 0 amide bonds. The van der Waals surface area contributed by atoms with Crippen LogP contribution in [0.2, 0.25) is 0 Å². The SMILES string of the molecule is CCC1CCCCC[C@](O)(C(F)(F)F)c2nnc(o2)-c2nc(c(C(F)(F)F)cc2N)O1.Cl. The van der Waals surface area contributed by atoms with Gasteiger partial charge in [0.1, 0.15) is 11.7 Å². The predicted molar refractivity (Wildman–Crippen MR) is 102 cm³/mol. The Balaban J connectivity index is 0.00000363. The molecule has 0 aliphatic carbocycles. The highest BCUT2D eigenvalue weighted by Gasteiger charge is 2.58. The molecule has 7 nitrogen and oxygen atoms in total. The van der Waals surface area contributed by atoms with E-state index < -0.39 is 65.1 Å². The number of aromatic nitrogens is 3. The largest absolute Gasteiger partial charge is 0.474 e. The Morgan fingerprint density at radius 1 is 1.16 bits per heavy atom. The number of alkyl halides is 6. The second-order valence-corrected chi connectivity index (χ2v) is 7.29. The highest BCUT2D eigenvalue weighted by atomic mass is 35.5. The zero-order chi connectivity index (χ0) is 23.0. The van der Waals surface area contributed by atoms with Crippen LogP contribution >= 0.6 is 12.4 Å². The molecular formula is C18H21ClF6N4O3. The first-order valence-electron chi connectivity index (χ1n) is 9.54. The first kappa shape index (κ1) is 26.0. The van der Waals surface area contributed by atoms with Gasteiger partial charge in [0.25, 0.3) is 11.8 Å². The molecule has 0 saturated carbocycles. The number of nitrogens with two attached hydrogens (primary N) is 1. The summed E-state index contributed by atoms with van der Waals surface area (Å²) in [6.45, 7) is 1.70. The van der Waals surface area contributed by atoms with E-state index in [2.05, 4.69) is 15.2 Å². The number of aliphatic hydroxyl groups is 1. The Morgan fingerprint density at radius 3 is 2.44 bits per heavy atom. The molecule has 0 fully saturated rings. The van der Waals surface area contributed by atoms with E-state index in [0.717, 1.165) is 0 Å². The number of nitrogens with zero attached hydrogens (tertiary/aromatic N) is 3. The third-order valence-electron chi connectivity index (χ3n) is 5.07. The van der Waals surface area contributed by atoms with Crippen molar-refractivity contribution in [3.63, 3.8) is 0 Å². The molecule has 1 aliphatic heterocycles. The Hall–Kier alpha value is -2.28. The second-order valence-electron chi connectivity index (χ2n) is 7.29. The van der Waals surface area contributed by atoms with E-state index in [4.69, 9.17) is 14.9 Å². The first-order chi connectivity index (χ1) is 14.4. The number of nitrogen functional groups attached to an aromatic ring is 1. The van der Waals surface area contributed by atoms with Gasteiger partial charge in [-0.05, 0) is 38.2 Å². The second kappa shape index (κ2) is 9.30. The lowest BCUT2D eigenvalue weighted by Gasteiger charge is -2.27. The molecule has 0 aromatic carbocycles. The minimum absolute atomic E-state index is 0. The van der Waals surface area contributed by atoms with Crippen molar-refractivity contribution in [2.45, 2.75) is 69.5 Å². The van der Waals surface area contributed by atoms with E-state index in [1.54, 1.807) is 6.92 Å². The van der Waals surface area contributed by atoms with E-state index in [1.165, 1.54) is 0 Å². The van der Waals surface area contributed by atoms with E-state index >= 15 is 0 Å². The quantitative estimate of drug-likeness (QED) is 0.540. The van der Waals surface area contributed by atoms with Gasteiger partial charge in [-0.1, -0.05) is 13.3 Å². The highest BCUT2D eigenvalue weighted by molar-refractivity contribution is 5.85. The van der Waals surface area contributed by atoms with Crippen molar-refractivity contribution >= 4 is 18.1 Å². The minimum atomic E-state index is -5.12. The van der Waals surface area contributed by atoms with Crippen molar-refractivity contribution < 1.29 is 40.6 Å². The molecule has 3 heterocycles. The summed E-state index contributed by atoms with van der Waals surface area (Å²) < 4.78 is 91.8. The van der Waals surface area contributed by atoms with Gasteiger partial charge in [0.05, 0.1) is 5.69 Å². The monoisotopic (exact) mass is 490 g/mol. The lowest BCUT2D eigenvalue weighted by atomic mass is 9.94. The summed E-state index contributed by atoms with van der Waals surface area (Å²) in [5.41, 5.74) is -0.00702. The van der Waals surface area contributed by atoms with Gasteiger partial charge in [-0.2, -0.15) is 26.3 Å². The molecule has 180 valence electrons. The third-order valence-corrected chi connectivity index (χ3v) is 5.07. The van der Waals surface area contributed by atoms with Gasteiger partial charge in [0, 0.05) is 0 Å². The summed E-state index contributed by atoms with van der Waals surface area (Å²) in [5, 5.41) is 17.0. The molecule has 0 radical (unpaired) electrons. The van der Waals surface area contributed by atoms with E-state index in [1.807, 2.05) is 0 Å². The third kappa shape index (κ3) is 5.03. The lowest BCUT2D eigenvalue weighted by molar-refractivity contribution is -0.277. The van der Waals surface area contributed by atoms with Crippen molar-refractivity contribution in [2.24, 2.45) is 0 Å². The summed E-state index contributed by atoms with van der Waals surface area (Å²) in [6.07, 6.45) is -10.1. The van der Waals surface area contributed by atoms with Crippen molar-refractivity contribution in [3.8, 4) is 17.5 Å². The predicted octanol–water partition coefficient (Wildman–Crippen LogP) is 5.03. The van der Waals surface area contributed by atoms with E-state index in [9.17, 15) is 31.4 Å². The fourth-order valence-electron chi connectivity index (χ4n) is 3.27. The topological polar surface area (TPSA) is 107 Å². The standard InChI is InChI=1S/C18H20F6N4O3.ClH/c1-2-9-6-4-3-5-7-16(29,18(22,23)24)15-28-27-14(31-15)12-11(25)8-10(17(19,20)21)13(26-12)30-9;/h8-9,29H,2-7,25H2,1H3;1H/t9?,16-;/m1./s1. The van der Waals surface area contributed by atoms with Gasteiger partial charge in [-0.25, -0.2) is 4.98 Å². The molecule has 2 aromatic rings. The van der Waals surface area contributed by atoms with Crippen molar-refractivity contribution in [2.75, 3.05) is 5.73 Å².